The van der Waals surface area contributed by atoms with Gasteiger partial charge in [0.05, 0.1) is 11.2 Å². The van der Waals surface area contributed by atoms with Gasteiger partial charge in [0.15, 0.2) is 5.82 Å². The number of nitrogen functional groups attached to an aromatic ring is 1. The Morgan fingerprint density at radius 3 is 2.83 bits per heavy atom. The number of nitrogens with zero attached hydrogens (tertiary/aromatic N) is 4. The van der Waals surface area contributed by atoms with Gasteiger partial charge in [-0.25, -0.2) is 13.8 Å². The van der Waals surface area contributed by atoms with Gasteiger partial charge in [0.1, 0.15) is 12.1 Å². The van der Waals surface area contributed by atoms with Crippen molar-refractivity contribution in [1.82, 2.24) is 25.0 Å². The monoisotopic (exact) mass is 314 g/mol. The summed E-state index contributed by atoms with van der Waals surface area (Å²) >= 11 is 0. The molecule has 1 aromatic carbocycles. The maximum atomic E-state index is 12.6. The third-order valence-corrected chi connectivity index (χ3v) is 3.67. The highest BCUT2D eigenvalue weighted by molar-refractivity contribution is 6.08. The van der Waals surface area contributed by atoms with Gasteiger partial charge in [0, 0.05) is 28.7 Å². The van der Waals surface area contributed by atoms with E-state index in [2.05, 4.69) is 20.3 Å². The summed E-state index contributed by atoms with van der Waals surface area (Å²) in [5.74, 6) is 0.224. The Hall–Kier alpha value is -3.03. The molecule has 3 heterocycles. The molecular formula is C15H12F2N6. The quantitative estimate of drug-likeness (QED) is 0.609. The first-order chi connectivity index (χ1) is 11.1. The Balaban J connectivity index is 1.92. The Labute approximate surface area is 128 Å². The number of hydrogen-bond acceptors (Lipinski definition) is 4. The summed E-state index contributed by atoms with van der Waals surface area (Å²) in [7, 11) is 0. The third kappa shape index (κ3) is 2.28. The fourth-order valence-electron chi connectivity index (χ4n) is 2.66. The molecule has 0 radical (unpaired) electrons. The van der Waals surface area contributed by atoms with Gasteiger partial charge >= 0.3 is 0 Å². The summed E-state index contributed by atoms with van der Waals surface area (Å²) in [4.78, 5) is 4.35. The number of halogens is 2. The van der Waals surface area contributed by atoms with Crippen molar-refractivity contribution < 1.29 is 8.78 Å². The van der Waals surface area contributed by atoms with E-state index in [4.69, 9.17) is 5.73 Å². The van der Waals surface area contributed by atoms with E-state index in [9.17, 15) is 8.78 Å². The third-order valence-electron chi connectivity index (χ3n) is 3.67. The number of nitrogens with one attached hydrogen (secondary N) is 1. The number of pyridine rings is 1. The van der Waals surface area contributed by atoms with Crippen LogP contribution in [0.5, 0.6) is 0 Å². The van der Waals surface area contributed by atoms with Crippen LogP contribution in [-0.2, 0) is 6.54 Å². The molecule has 3 N–H and O–H groups in total. The van der Waals surface area contributed by atoms with E-state index in [0.717, 1.165) is 16.6 Å². The second kappa shape index (κ2) is 5.01. The second-order valence-electron chi connectivity index (χ2n) is 5.20. The molecular weight excluding hydrogens is 302 g/mol. The average molecular weight is 314 g/mol. The first-order valence-corrected chi connectivity index (χ1v) is 6.96. The number of anilines is 1. The number of H-pyrrole nitrogens is 1. The average Bonchev–Trinajstić information content (AvgIpc) is 3.15. The van der Waals surface area contributed by atoms with E-state index in [0.29, 0.717) is 16.4 Å². The lowest BCUT2D eigenvalue weighted by Gasteiger charge is -2.03. The highest BCUT2D eigenvalue weighted by atomic mass is 19.3. The summed E-state index contributed by atoms with van der Waals surface area (Å²) < 4.78 is 26.3. The molecule has 0 fully saturated rings. The molecule has 0 bridgehead atoms. The summed E-state index contributed by atoms with van der Waals surface area (Å²) in [6.45, 7) is -0.470. The van der Waals surface area contributed by atoms with Crippen molar-refractivity contribution in [3.63, 3.8) is 0 Å². The zero-order chi connectivity index (χ0) is 16.0. The fraction of sp³-hybridized carbons (Fsp3) is 0.133. The number of fused-ring (bicyclic) bond motifs is 3. The van der Waals surface area contributed by atoms with Crippen LogP contribution in [0.25, 0.3) is 33.1 Å². The minimum absolute atomic E-state index is 0.224. The Kier molecular flexibility index (Phi) is 2.97. The highest BCUT2D eigenvalue weighted by Gasteiger charge is 2.13. The molecule has 0 unspecified atom stereocenters. The summed E-state index contributed by atoms with van der Waals surface area (Å²) in [6, 6.07) is 7.53. The van der Waals surface area contributed by atoms with Gasteiger partial charge in [0.2, 0.25) is 0 Å². The number of alkyl halides is 2. The van der Waals surface area contributed by atoms with Crippen LogP contribution >= 0.6 is 0 Å². The molecule has 0 aliphatic heterocycles. The van der Waals surface area contributed by atoms with Gasteiger partial charge in [-0.05, 0) is 12.1 Å². The molecule has 0 saturated carbocycles. The molecule has 3 aromatic heterocycles. The number of hydrogen-bond donors (Lipinski definition) is 2. The first-order valence-electron chi connectivity index (χ1n) is 6.96. The van der Waals surface area contributed by atoms with Crippen LogP contribution in [0, 0.1) is 0 Å². The van der Waals surface area contributed by atoms with Crippen molar-refractivity contribution >= 4 is 27.6 Å². The molecule has 0 saturated heterocycles. The molecule has 23 heavy (non-hydrogen) atoms. The molecule has 0 atom stereocenters. The Morgan fingerprint density at radius 1 is 1.22 bits per heavy atom. The zero-order valence-corrected chi connectivity index (χ0v) is 11.9. The van der Waals surface area contributed by atoms with Gasteiger partial charge in [-0.1, -0.05) is 12.1 Å². The number of rotatable bonds is 3. The van der Waals surface area contributed by atoms with Gasteiger partial charge in [-0.15, -0.1) is 0 Å². The van der Waals surface area contributed by atoms with Crippen molar-refractivity contribution in [2.24, 2.45) is 0 Å². The van der Waals surface area contributed by atoms with E-state index in [1.54, 1.807) is 12.4 Å². The number of aromatic amines is 1. The predicted octanol–water partition coefficient (Wildman–Crippen LogP) is 2.82. The van der Waals surface area contributed by atoms with E-state index in [1.807, 2.05) is 24.3 Å². The summed E-state index contributed by atoms with van der Waals surface area (Å²) in [5, 5.41) is 12.4. The fourth-order valence-corrected chi connectivity index (χ4v) is 2.66. The molecule has 0 spiro atoms. The maximum Gasteiger partial charge on any atom is 0.257 e. The van der Waals surface area contributed by atoms with Gasteiger partial charge in [-0.3, -0.25) is 9.78 Å². The molecule has 6 nitrogen and oxygen atoms in total. The minimum atomic E-state index is -2.48. The highest BCUT2D eigenvalue weighted by Crippen LogP contribution is 2.30. The first kappa shape index (κ1) is 13.6. The Morgan fingerprint density at radius 2 is 2.09 bits per heavy atom. The van der Waals surface area contributed by atoms with Crippen molar-refractivity contribution in [2.75, 3.05) is 5.73 Å². The zero-order valence-electron chi connectivity index (χ0n) is 11.9. The summed E-state index contributed by atoms with van der Waals surface area (Å²) in [5.41, 5.74) is 8.84. The standard InChI is InChI=1S/C15H12F2N6/c16-13(17)7-23-6-10-9-2-1-8(11-3-4-19-21-11)5-12(9)20-15(18)14(10)22-23/h1-6,13H,7H2,(H2,18,20)(H,19,21). The van der Waals surface area contributed by atoms with Gasteiger partial charge in [-0.2, -0.15) is 10.2 Å². The Bertz CT molecular complexity index is 990. The van der Waals surface area contributed by atoms with E-state index < -0.39 is 13.0 Å². The van der Waals surface area contributed by atoms with Crippen LogP contribution in [0.15, 0.2) is 36.7 Å². The topological polar surface area (TPSA) is 85.4 Å². The largest absolute Gasteiger partial charge is 0.382 e. The lowest BCUT2D eigenvalue weighted by atomic mass is 10.1. The lowest BCUT2D eigenvalue weighted by Crippen LogP contribution is -2.06. The normalized spacial score (nSPS) is 11.8. The van der Waals surface area contributed by atoms with Crippen LogP contribution in [0.4, 0.5) is 14.6 Å². The van der Waals surface area contributed by atoms with Crippen LogP contribution in [0.2, 0.25) is 0 Å². The molecule has 4 aromatic rings. The molecule has 4 rings (SSSR count). The van der Waals surface area contributed by atoms with E-state index in [-0.39, 0.29) is 5.82 Å². The molecule has 0 aliphatic rings. The van der Waals surface area contributed by atoms with E-state index in [1.165, 1.54) is 4.68 Å². The van der Waals surface area contributed by atoms with Crippen molar-refractivity contribution in [3.05, 3.63) is 36.7 Å². The van der Waals surface area contributed by atoms with Crippen molar-refractivity contribution in [1.29, 1.82) is 0 Å². The van der Waals surface area contributed by atoms with Crippen molar-refractivity contribution in [3.8, 4) is 11.3 Å². The molecule has 116 valence electrons. The second-order valence-corrected chi connectivity index (χ2v) is 5.20. The van der Waals surface area contributed by atoms with Crippen molar-refractivity contribution in [2.45, 2.75) is 13.0 Å². The van der Waals surface area contributed by atoms with Crippen LogP contribution in [-0.4, -0.2) is 31.4 Å². The number of nitrogens with two attached hydrogens (primary N) is 1. The van der Waals surface area contributed by atoms with Crippen LogP contribution < -0.4 is 5.73 Å². The molecule has 0 aliphatic carbocycles. The lowest BCUT2D eigenvalue weighted by molar-refractivity contribution is 0.122. The molecule has 0 amide bonds. The van der Waals surface area contributed by atoms with Crippen LogP contribution in [0.1, 0.15) is 0 Å². The predicted molar refractivity (Wildman–Crippen MR) is 83.0 cm³/mol. The number of benzene rings is 1. The van der Waals surface area contributed by atoms with Crippen LogP contribution in [0.3, 0.4) is 0 Å². The molecule has 8 heteroatoms. The SMILES string of the molecule is Nc1nc2cc(-c3ccn[nH]3)ccc2c2cn(CC(F)F)nc12. The van der Waals surface area contributed by atoms with Gasteiger partial charge in [0.25, 0.3) is 6.43 Å². The smallest absolute Gasteiger partial charge is 0.257 e. The maximum absolute atomic E-state index is 12.6. The summed E-state index contributed by atoms with van der Waals surface area (Å²) in [6.07, 6.45) is 0.771. The van der Waals surface area contributed by atoms with E-state index >= 15 is 0 Å². The minimum Gasteiger partial charge on any atom is -0.382 e. The number of aromatic nitrogens is 5. The van der Waals surface area contributed by atoms with Gasteiger partial charge < -0.3 is 5.73 Å².